The van der Waals surface area contributed by atoms with Crippen LogP contribution in [0.4, 0.5) is 0 Å². The lowest BCUT2D eigenvalue weighted by molar-refractivity contribution is -0.194. The molecule has 13 nitrogen and oxygen atoms in total. The molecule has 4 aliphatic rings. The summed E-state index contributed by atoms with van der Waals surface area (Å²) >= 11 is 0. The molecule has 0 amide bonds. The molecule has 1 aromatic rings. The van der Waals surface area contributed by atoms with E-state index in [9.17, 15) is 29.1 Å². The van der Waals surface area contributed by atoms with Crippen LogP contribution < -0.4 is 9.47 Å². The smallest absolute Gasteiger partial charge is 0.352 e. The van der Waals surface area contributed by atoms with Crippen molar-refractivity contribution in [1.29, 1.82) is 0 Å². The molecule has 0 unspecified atom stereocenters. The van der Waals surface area contributed by atoms with E-state index in [-0.39, 0.29) is 30.6 Å². The minimum absolute atomic E-state index is 0.0109. The van der Waals surface area contributed by atoms with Gasteiger partial charge < -0.3 is 38.3 Å². The Morgan fingerprint density at radius 1 is 0.978 bits per heavy atom. The van der Waals surface area contributed by atoms with Gasteiger partial charge in [0.1, 0.15) is 5.76 Å². The maximum atomic E-state index is 13.4. The van der Waals surface area contributed by atoms with Crippen LogP contribution in [0.25, 0.3) is 0 Å². The lowest BCUT2D eigenvalue weighted by atomic mass is 9.47. The largest absolute Gasteiger partial charge is 0.493 e. The van der Waals surface area contributed by atoms with Crippen molar-refractivity contribution < 1.29 is 62.2 Å². The lowest BCUT2D eigenvalue weighted by Gasteiger charge is -2.59. The predicted molar refractivity (Wildman–Crippen MR) is 156 cm³/mol. The highest BCUT2D eigenvalue weighted by atomic mass is 16.7. The van der Waals surface area contributed by atoms with Gasteiger partial charge in [-0.2, -0.15) is 0 Å². The highest BCUT2D eigenvalue weighted by Gasteiger charge is 2.71. The standard InChI is InChI=1S/C33H40O13/c1-16(2)15-41-30(37)26(43-18(4)34)27(44-19(5)35)31(38)42-17(3)29(36)45-23-11-13-33(39)21-8-7-12-32(33)24-20(14-21)9-10-22(40-6)25(24)46-28(23)32/h9-11,16-17,21,26-28,39H,7-8,12-15H2,1-6H3/t17-,21+,26+,27+,28-,32-,33+/m0/s1. The number of methoxy groups -OCH3 is 1. The Morgan fingerprint density at radius 3 is 2.28 bits per heavy atom. The molecular weight excluding hydrogens is 604 g/mol. The lowest BCUT2D eigenvalue weighted by Crippen LogP contribution is -2.67. The zero-order valence-electron chi connectivity index (χ0n) is 26.8. The highest BCUT2D eigenvalue weighted by Crippen LogP contribution is 2.67. The van der Waals surface area contributed by atoms with Crippen molar-refractivity contribution in [3.05, 3.63) is 35.1 Å². The summed E-state index contributed by atoms with van der Waals surface area (Å²) in [6, 6.07) is 3.83. The zero-order valence-corrected chi connectivity index (χ0v) is 26.8. The highest BCUT2D eigenvalue weighted by molar-refractivity contribution is 5.90. The Kier molecular flexibility index (Phi) is 9.09. The SMILES string of the molecule is COc1ccc2c3c1O[C@H]1C(OC(=O)[C@H](C)OC(=O)[C@H](OC(C)=O)[C@@H](OC(C)=O)C(=O)OCC(C)C)=CC[C@@]4(O)[C@H](CCC[C@]314)C2. The number of hydrogen-bond donors (Lipinski definition) is 1. The number of rotatable bonds is 11. The minimum atomic E-state index is -2.06. The van der Waals surface area contributed by atoms with E-state index in [1.807, 2.05) is 12.1 Å². The molecule has 3 aliphatic carbocycles. The first-order chi connectivity index (χ1) is 21.7. The van der Waals surface area contributed by atoms with Crippen LogP contribution in [0.5, 0.6) is 11.5 Å². The molecule has 1 aromatic carbocycles. The number of hydrogen-bond acceptors (Lipinski definition) is 13. The molecule has 0 radical (unpaired) electrons. The van der Waals surface area contributed by atoms with Crippen LogP contribution in [0.15, 0.2) is 24.0 Å². The van der Waals surface area contributed by atoms with Crippen molar-refractivity contribution in [3.63, 3.8) is 0 Å². The quantitative estimate of drug-likeness (QED) is 0.276. The molecule has 0 aromatic heterocycles. The summed E-state index contributed by atoms with van der Waals surface area (Å²) in [6.07, 6.45) is -1.58. The number of carbonyl (C=O) groups excluding carboxylic acids is 5. The van der Waals surface area contributed by atoms with Gasteiger partial charge >= 0.3 is 29.8 Å². The maximum Gasteiger partial charge on any atom is 0.352 e. The average molecular weight is 645 g/mol. The van der Waals surface area contributed by atoms with Gasteiger partial charge in [-0.05, 0) is 62.1 Å². The summed E-state index contributed by atoms with van der Waals surface area (Å²) in [5, 5.41) is 12.2. The Morgan fingerprint density at radius 2 is 1.65 bits per heavy atom. The molecular formula is C33H40O13. The van der Waals surface area contributed by atoms with Crippen LogP contribution in [-0.2, 0) is 59.5 Å². The van der Waals surface area contributed by atoms with Gasteiger partial charge in [-0.25, -0.2) is 14.4 Å². The second kappa shape index (κ2) is 12.6. The number of benzene rings is 1. The van der Waals surface area contributed by atoms with Crippen molar-refractivity contribution in [2.45, 2.75) is 102 Å². The third kappa shape index (κ3) is 5.58. The van der Waals surface area contributed by atoms with Gasteiger partial charge in [-0.15, -0.1) is 0 Å². The first-order valence-corrected chi connectivity index (χ1v) is 15.5. The fourth-order valence-electron chi connectivity index (χ4n) is 7.33. The molecule has 1 spiro atoms. The summed E-state index contributed by atoms with van der Waals surface area (Å²) in [7, 11) is 1.53. The number of esters is 5. The second-order valence-electron chi connectivity index (χ2n) is 12.7. The van der Waals surface area contributed by atoms with Crippen LogP contribution in [-0.4, -0.2) is 78.7 Å². The average Bonchev–Trinajstić information content (AvgIpc) is 3.33. The van der Waals surface area contributed by atoms with Crippen molar-refractivity contribution >= 4 is 29.8 Å². The molecule has 250 valence electrons. The van der Waals surface area contributed by atoms with Crippen molar-refractivity contribution in [1.82, 2.24) is 0 Å². The summed E-state index contributed by atoms with van der Waals surface area (Å²) in [5.74, 6) is -4.29. The van der Waals surface area contributed by atoms with E-state index in [1.165, 1.54) is 14.0 Å². The van der Waals surface area contributed by atoms with Crippen LogP contribution in [0, 0.1) is 11.8 Å². The van der Waals surface area contributed by atoms with Crippen molar-refractivity contribution in [2.75, 3.05) is 13.7 Å². The van der Waals surface area contributed by atoms with Gasteiger partial charge in [0.2, 0.25) is 12.2 Å². The third-order valence-electron chi connectivity index (χ3n) is 9.20. The van der Waals surface area contributed by atoms with Crippen molar-refractivity contribution in [3.8, 4) is 11.5 Å². The summed E-state index contributed by atoms with van der Waals surface area (Å²) in [5.41, 5.74) is -0.0531. The first kappa shape index (κ1) is 33.2. The zero-order chi connectivity index (χ0) is 33.6. The van der Waals surface area contributed by atoms with E-state index in [1.54, 1.807) is 19.9 Å². The van der Waals surface area contributed by atoms with Crippen LogP contribution in [0.2, 0.25) is 0 Å². The second-order valence-corrected chi connectivity index (χ2v) is 12.7. The van der Waals surface area contributed by atoms with Gasteiger partial charge in [0.15, 0.2) is 23.7 Å². The summed E-state index contributed by atoms with van der Waals surface area (Å²) < 4.78 is 38.3. The van der Waals surface area contributed by atoms with E-state index in [0.717, 1.165) is 37.8 Å². The van der Waals surface area contributed by atoms with E-state index in [2.05, 4.69) is 0 Å². The minimum Gasteiger partial charge on any atom is -0.493 e. The fraction of sp³-hybridized carbons (Fsp3) is 0.606. The molecule has 0 saturated heterocycles. The normalized spacial score (nSPS) is 27.1. The molecule has 2 bridgehead atoms. The molecule has 5 rings (SSSR count). The third-order valence-corrected chi connectivity index (χ3v) is 9.20. The maximum absolute atomic E-state index is 13.4. The monoisotopic (exact) mass is 644 g/mol. The van der Waals surface area contributed by atoms with Gasteiger partial charge in [0.25, 0.3) is 0 Å². The fourth-order valence-corrected chi connectivity index (χ4v) is 7.33. The Balaban J connectivity index is 1.36. The first-order valence-electron chi connectivity index (χ1n) is 15.5. The molecule has 1 saturated carbocycles. The summed E-state index contributed by atoms with van der Waals surface area (Å²) in [6.45, 7) is 6.71. The van der Waals surface area contributed by atoms with Gasteiger partial charge in [-0.3, -0.25) is 9.59 Å². The van der Waals surface area contributed by atoms with Gasteiger partial charge in [0.05, 0.1) is 24.7 Å². The van der Waals surface area contributed by atoms with Crippen LogP contribution >= 0.6 is 0 Å². The number of ether oxygens (including phenoxy) is 7. The molecule has 1 N–H and O–H groups in total. The molecule has 7 atom stereocenters. The Labute approximate surface area is 266 Å². The van der Waals surface area contributed by atoms with Crippen molar-refractivity contribution in [2.24, 2.45) is 11.8 Å². The van der Waals surface area contributed by atoms with Gasteiger partial charge in [0, 0.05) is 19.4 Å². The van der Waals surface area contributed by atoms with E-state index >= 15 is 0 Å². The summed E-state index contributed by atoms with van der Waals surface area (Å²) in [4.78, 5) is 63.0. The van der Waals surface area contributed by atoms with Crippen LogP contribution in [0.3, 0.4) is 0 Å². The predicted octanol–water partition coefficient (Wildman–Crippen LogP) is 2.61. The van der Waals surface area contributed by atoms with Crippen LogP contribution in [0.1, 0.15) is 71.4 Å². The molecule has 1 fully saturated rings. The number of aliphatic hydroxyl groups is 1. The molecule has 1 aliphatic heterocycles. The van der Waals surface area contributed by atoms with Gasteiger partial charge in [-0.1, -0.05) is 26.3 Å². The molecule has 46 heavy (non-hydrogen) atoms. The van der Waals surface area contributed by atoms with E-state index < -0.39 is 65.3 Å². The Hall–Kier alpha value is -4.13. The molecule has 1 heterocycles. The Bertz CT molecular complexity index is 1460. The topological polar surface area (TPSA) is 170 Å². The number of carbonyl (C=O) groups is 5. The van der Waals surface area contributed by atoms with E-state index in [0.29, 0.717) is 24.3 Å². The van der Waals surface area contributed by atoms with E-state index in [4.69, 9.17) is 33.2 Å². The molecule has 13 heteroatoms.